The molecule has 0 radical (unpaired) electrons. The number of nitrogens with zero attached hydrogens (tertiary/aromatic N) is 2. The number of rotatable bonds is 5. The number of halogens is 1. The van der Waals surface area contributed by atoms with Crippen molar-refractivity contribution in [2.24, 2.45) is 5.92 Å². The van der Waals surface area contributed by atoms with Crippen LogP contribution in [-0.2, 0) is 6.54 Å². The van der Waals surface area contributed by atoms with E-state index < -0.39 is 0 Å². The van der Waals surface area contributed by atoms with Gasteiger partial charge in [-0.1, -0.05) is 36.4 Å². The lowest BCUT2D eigenvalue weighted by molar-refractivity contribution is 0.0931. The van der Waals surface area contributed by atoms with Gasteiger partial charge < -0.3 is 10.3 Å². The van der Waals surface area contributed by atoms with Crippen molar-refractivity contribution in [3.05, 3.63) is 77.9 Å². The van der Waals surface area contributed by atoms with Crippen molar-refractivity contribution in [3.63, 3.8) is 0 Å². The van der Waals surface area contributed by atoms with Crippen LogP contribution in [0.3, 0.4) is 0 Å². The Morgan fingerprint density at radius 1 is 1.10 bits per heavy atom. The number of nitrogens with one attached hydrogen (secondary N) is 2. The Morgan fingerprint density at radius 2 is 1.90 bits per heavy atom. The van der Waals surface area contributed by atoms with Crippen LogP contribution >= 0.6 is 0 Å². The Bertz CT molecular complexity index is 1230. The van der Waals surface area contributed by atoms with Gasteiger partial charge >= 0.3 is 0 Å². The third kappa shape index (κ3) is 4.16. The number of fused-ring (bicyclic) bond motifs is 3. The molecule has 0 spiro atoms. The Balaban J connectivity index is 1.17. The fourth-order valence-electron chi connectivity index (χ4n) is 4.41. The lowest BCUT2D eigenvalue weighted by Gasteiger charge is -2.32. The molecule has 0 unspecified atom stereocenters. The largest absolute Gasteiger partial charge is 0.350 e. The highest BCUT2D eigenvalue weighted by Crippen LogP contribution is 2.24. The zero-order valence-corrected chi connectivity index (χ0v) is 17.3. The van der Waals surface area contributed by atoms with Crippen molar-refractivity contribution in [2.75, 3.05) is 19.6 Å². The van der Waals surface area contributed by atoms with Crippen molar-refractivity contribution in [3.8, 4) is 0 Å². The highest BCUT2D eigenvalue weighted by atomic mass is 19.1. The summed E-state index contributed by atoms with van der Waals surface area (Å²) in [5.41, 5.74) is 3.08. The first-order valence-corrected chi connectivity index (χ1v) is 10.8. The average Bonchev–Trinajstić information content (AvgIpc) is 3.25. The van der Waals surface area contributed by atoms with Gasteiger partial charge in [0.25, 0.3) is 5.91 Å². The molecule has 6 heteroatoms. The maximum atomic E-state index is 13.9. The van der Waals surface area contributed by atoms with E-state index >= 15 is 0 Å². The molecule has 5 nitrogen and oxygen atoms in total. The Hall–Kier alpha value is -3.25. The number of piperidine rings is 1. The Labute approximate surface area is 180 Å². The van der Waals surface area contributed by atoms with Gasteiger partial charge in [0, 0.05) is 35.6 Å². The number of H-pyrrole nitrogens is 1. The smallest absolute Gasteiger partial charge is 0.267 e. The van der Waals surface area contributed by atoms with Crippen LogP contribution in [0.1, 0.15) is 28.9 Å². The number of carbonyl (C=O) groups excluding carboxylic acids is 1. The standard InChI is InChI=1S/C25H25FN4O/c26-21-6-2-1-4-20(21)16-30-12-9-17(10-13-30)15-28-25(31)22-14-19-8-7-18-5-3-11-27-23(18)24(19)29-22/h1-8,11,14,17,29H,9-10,12-13,15-16H2,(H,28,31). The van der Waals surface area contributed by atoms with Crippen molar-refractivity contribution in [1.29, 1.82) is 0 Å². The number of likely N-dealkylation sites (tertiary alicyclic amines) is 1. The second kappa shape index (κ2) is 8.47. The molecule has 2 N–H and O–H groups in total. The highest BCUT2D eigenvalue weighted by Gasteiger charge is 2.21. The van der Waals surface area contributed by atoms with Gasteiger partial charge in [-0.05, 0) is 50.0 Å². The second-order valence-corrected chi connectivity index (χ2v) is 8.31. The molecule has 0 bridgehead atoms. The lowest BCUT2D eigenvalue weighted by atomic mass is 9.96. The van der Waals surface area contributed by atoms with Crippen LogP contribution in [-0.4, -0.2) is 40.4 Å². The number of pyridine rings is 1. The van der Waals surface area contributed by atoms with Crippen molar-refractivity contribution >= 4 is 27.7 Å². The van der Waals surface area contributed by atoms with E-state index in [0.717, 1.165) is 53.3 Å². The van der Waals surface area contributed by atoms with E-state index in [2.05, 4.69) is 20.2 Å². The fraction of sp³-hybridized carbons (Fsp3) is 0.280. The van der Waals surface area contributed by atoms with E-state index in [1.54, 1.807) is 12.3 Å². The maximum Gasteiger partial charge on any atom is 0.267 e. The predicted octanol–water partition coefficient (Wildman–Crippen LogP) is 4.50. The summed E-state index contributed by atoms with van der Waals surface area (Å²) in [4.78, 5) is 22.7. The van der Waals surface area contributed by atoms with Crippen molar-refractivity contribution in [2.45, 2.75) is 19.4 Å². The molecule has 0 aliphatic carbocycles. The Kier molecular flexibility index (Phi) is 5.38. The number of benzene rings is 2. The summed E-state index contributed by atoms with van der Waals surface area (Å²) < 4.78 is 13.9. The molecule has 0 atom stereocenters. The normalized spacial score (nSPS) is 15.5. The summed E-state index contributed by atoms with van der Waals surface area (Å²) in [6, 6.07) is 16.8. The van der Waals surface area contributed by atoms with Gasteiger partial charge in [-0.3, -0.25) is 14.7 Å². The zero-order chi connectivity index (χ0) is 21.2. The minimum absolute atomic E-state index is 0.0888. The number of aromatic nitrogens is 2. The van der Waals surface area contributed by atoms with Crippen LogP contribution in [0.4, 0.5) is 4.39 Å². The first-order chi connectivity index (χ1) is 15.2. The van der Waals surface area contributed by atoms with Crippen LogP contribution in [0.2, 0.25) is 0 Å². The quantitative estimate of drug-likeness (QED) is 0.504. The molecule has 1 fully saturated rings. The van der Waals surface area contributed by atoms with E-state index in [9.17, 15) is 9.18 Å². The molecule has 5 rings (SSSR count). The van der Waals surface area contributed by atoms with Crippen LogP contribution in [0.25, 0.3) is 21.8 Å². The molecule has 2 aromatic carbocycles. The van der Waals surface area contributed by atoms with Gasteiger partial charge in [-0.15, -0.1) is 0 Å². The maximum absolute atomic E-state index is 13.9. The minimum atomic E-state index is -0.141. The third-order valence-electron chi connectivity index (χ3n) is 6.22. The first kappa shape index (κ1) is 19.7. The molecule has 1 saturated heterocycles. The summed E-state index contributed by atoms with van der Waals surface area (Å²) in [7, 11) is 0. The first-order valence-electron chi connectivity index (χ1n) is 10.8. The molecular formula is C25H25FN4O. The number of amides is 1. The molecule has 1 aliphatic heterocycles. The van der Waals surface area contributed by atoms with Crippen molar-refractivity contribution < 1.29 is 9.18 Å². The van der Waals surface area contributed by atoms with Crippen molar-refractivity contribution in [1.82, 2.24) is 20.2 Å². The molecule has 2 aromatic heterocycles. The lowest BCUT2D eigenvalue weighted by Crippen LogP contribution is -2.38. The molecule has 1 amide bonds. The summed E-state index contributed by atoms with van der Waals surface area (Å²) in [5.74, 6) is 0.208. The van der Waals surface area contributed by atoms with Gasteiger partial charge in [0.2, 0.25) is 0 Å². The molecule has 158 valence electrons. The summed E-state index contributed by atoms with van der Waals surface area (Å²) in [6.07, 6.45) is 3.76. The van der Waals surface area contributed by atoms with Gasteiger partial charge in [0.1, 0.15) is 11.5 Å². The van der Waals surface area contributed by atoms with Crippen LogP contribution < -0.4 is 5.32 Å². The zero-order valence-electron chi connectivity index (χ0n) is 17.3. The van der Waals surface area contributed by atoms with Gasteiger partial charge in [0.15, 0.2) is 0 Å². The van der Waals surface area contributed by atoms with E-state index in [0.29, 0.717) is 24.7 Å². The van der Waals surface area contributed by atoms with Crippen LogP contribution in [0, 0.1) is 11.7 Å². The third-order valence-corrected chi connectivity index (χ3v) is 6.22. The Morgan fingerprint density at radius 3 is 2.74 bits per heavy atom. The van der Waals surface area contributed by atoms with Gasteiger partial charge in [-0.2, -0.15) is 0 Å². The molecular weight excluding hydrogens is 391 g/mol. The number of hydrogen-bond acceptors (Lipinski definition) is 3. The molecule has 4 aromatic rings. The van der Waals surface area contributed by atoms with E-state index in [1.807, 2.05) is 42.5 Å². The number of carbonyl (C=O) groups is 1. The number of hydrogen-bond donors (Lipinski definition) is 2. The molecule has 0 saturated carbocycles. The average molecular weight is 417 g/mol. The van der Waals surface area contributed by atoms with Gasteiger partial charge in [-0.25, -0.2) is 4.39 Å². The number of aromatic amines is 1. The van der Waals surface area contributed by atoms with E-state index in [1.165, 1.54) is 6.07 Å². The molecule has 1 aliphatic rings. The van der Waals surface area contributed by atoms with Crippen LogP contribution in [0.5, 0.6) is 0 Å². The molecule has 31 heavy (non-hydrogen) atoms. The predicted molar refractivity (Wildman–Crippen MR) is 120 cm³/mol. The van der Waals surface area contributed by atoms with Gasteiger partial charge in [0.05, 0.1) is 11.0 Å². The molecule has 3 heterocycles. The monoisotopic (exact) mass is 416 g/mol. The van der Waals surface area contributed by atoms with E-state index in [-0.39, 0.29) is 11.7 Å². The second-order valence-electron chi connectivity index (χ2n) is 8.31. The minimum Gasteiger partial charge on any atom is -0.350 e. The van der Waals surface area contributed by atoms with E-state index in [4.69, 9.17) is 0 Å². The highest BCUT2D eigenvalue weighted by molar-refractivity contribution is 6.07. The SMILES string of the molecule is O=C(NCC1CCN(Cc2ccccc2F)CC1)c1cc2ccc3cccnc3c2[nH]1. The summed E-state index contributed by atoms with van der Waals surface area (Å²) >= 11 is 0. The van der Waals surface area contributed by atoms with Crippen LogP contribution in [0.15, 0.2) is 60.8 Å². The summed E-state index contributed by atoms with van der Waals surface area (Å²) in [5, 5.41) is 5.11. The fourth-order valence-corrected chi connectivity index (χ4v) is 4.41. The topological polar surface area (TPSA) is 61.0 Å². The summed E-state index contributed by atoms with van der Waals surface area (Å²) in [6.45, 7) is 3.13.